The summed E-state index contributed by atoms with van der Waals surface area (Å²) in [6, 6.07) is -0.344. The van der Waals surface area contributed by atoms with E-state index in [9.17, 15) is 4.79 Å². The van der Waals surface area contributed by atoms with Gasteiger partial charge in [-0.25, -0.2) is 4.98 Å². The van der Waals surface area contributed by atoms with Crippen LogP contribution >= 0.6 is 22.9 Å². The van der Waals surface area contributed by atoms with Crippen molar-refractivity contribution in [1.82, 2.24) is 14.3 Å². The van der Waals surface area contributed by atoms with Crippen LogP contribution in [0.4, 0.5) is 10.8 Å². The molecule has 2 aromatic heterocycles. The summed E-state index contributed by atoms with van der Waals surface area (Å²) in [6.45, 7) is 3.75. The van der Waals surface area contributed by atoms with Crippen LogP contribution in [0.3, 0.4) is 0 Å². The van der Waals surface area contributed by atoms with E-state index in [0.29, 0.717) is 5.82 Å². The molecule has 8 heteroatoms. The van der Waals surface area contributed by atoms with Gasteiger partial charge in [0.05, 0.1) is 16.3 Å². The topological polar surface area (TPSA) is 84.1 Å². The molecule has 0 aliphatic heterocycles. The van der Waals surface area contributed by atoms with Crippen molar-refractivity contribution in [2.75, 3.05) is 25.1 Å². The predicted molar refractivity (Wildman–Crippen MR) is 84.2 cm³/mol. The van der Waals surface area contributed by atoms with Crippen molar-refractivity contribution in [2.45, 2.75) is 19.9 Å². The van der Waals surface area contributed by atoms with Crippen LogP contribution in [0.15, 0.2) is 5.38 Å². The Balaban J connectivity index is 2.28. The smallest absolute Gasteiger partial charge is 0.244 e. The van der Waals surface area contributed by atoms with Gasteiger partial charge in [-0.15, -0.1) is 11.3 Å². The van der Waals surface area contributed by atoms with E-state index < -0.39 is 0 Å². The average Bonchev–Trinajstić information content (AvgIpc) is 2.94. The normalized spacial score (nSPS) is 12.2. The maximum Gasteiger partial charge on any atom is 0.244 e. The lowest BCUT2D eigenvalue weighted by molar-refractivity contribution is -0.129. The number of nitrogen functional groups attached to an aromatic ring is 1. The first-order valence-corrected chi connectivity index (χ1v) is 7.70. The molecular weight excluding hydrogens is 294 g/mol. The van der Waals surface area contributed by atoms with E-state index in [4.69, 9.17) is 5.73 Å². The number of nitrogens with one attached hydrogen (secondary N) is 1. The molecule has 2 heterocycles. The number of aryl methyl sites for hydroxylation is 1. The number of amides is 1. The molecule has 1 atom stereocenters. The average molecular weight is 311 g/mol. The molecule has 6 nitrogen and oxygen atoms in total. The molecule has 0 aliphatic rings. The lowest BCUT2D eigenvalue weighted by Gasteiger charge is -2.18. The van der Waals surface area contributed by atoms with Crippen LogP contribution in [0.1, 0.15) is 11.9 Å². The largest absolute Gasteiger partial charge is 0.382 e. The van der Waals surface area contributed by atoms with Crippen LogP contribution in [0, 0.1) is 6.92 Å². The Kier molecular flexibility index (Phi) is 4.24. The van der Waals surface area contributed by atoms with Gasteiger partial charge in [-0.3, -0.25) is 4.79 Å². The van der Waals surface area contributed by atoms with E-state index in [0.717, 1.165) is 21.3 Å². The van der Waals surface area contributed by atoms with Gasteiger partial charge < -0.3 is 16.0 Å². The van der Waals surface area contributed by atoms with Crippen LogP contribution in [0.5, 0.6) is 0 Å². The summed E-state index contributed by atoms with van der Waals surface area (Å²) in [5.41, 5.74) is 7.50. The summed E-state index contributed by atoms with van der Waals surface area (Å²) in [5.74, 6) is 0.435. The van der Waals surface area contributed by atoms with E-state index >= 15 is 0 Å². The highest BCUT2D eigenvalue weighted by Gasteiger charge is 2.21. The summed E-state index contributed by atoms with van der Waals surface area (Å²) >= 11 is 2.80. The minimum absolute atomic E-state index is 0.00243. The fourth-order valence-corrected chi connectivity index (χ4v) is 3.19. The SMILES string of the molecule is Cc1nc(-c2c(N)nsc2NC(C)C(=O)N(C)C)cs1. The molecule has 1 unspecified atom stereocenters. The highest BCUT2D eigenvalue weighted by molar-refractivity contribution is 7.11. The van der Waals surface area contributed by atoms with Gasteiger partial charge in [-0.05, 0) is 25.4 Å². The number of rotatable bonds is 4. The van der Waals surface area contributed by atoms with Crippen LogP contribution in [-0.4, -0.2) is 40.3 Å². The lowest BCUT2D eigenvalue weighted by atomic mass is 10.2. The second kappa shape index (κ2) is 5.76. The Morgan fingerprint density at radius 1 is 1.50 bits per heavy atom. The lowest BCUT2D eigenvalue weighted by Crippen LogP contribution is -2.36. The zero-order valence-corrected chi connectivity index (χ0v) is 13.4. The molecule has 20 heavy (non-hydrogen) atoms. The first-order valence-electron chi connectivity index (χ1n) is 6.05. The minimum atomic E-state index is -0.344. The summed E-state index contributed by atoms with van der Waals surface area (Å²) in [7, 11) is 3.46. The van der Waals surface area contributed by atoms with Gasteiger partial charge in [0.25, 0.3) is 0 Å². The quantitative estimate of drug-likeness (QED) is 0.902. The molecule has 1 amide bonds. The third-order valence-corrected chi connectivity index (χ3v) is 4.32. The Bertz CT molecular complexity index is 619. The van der Waals surface area contributed by atoms with Gasteiger partial charge in [0.1, 0.15) is 16.9 Å². The molecule has 0 bridgehead atoms. The number of anilines is 2. The maximum atomic E-state index is 11.9. The number of thiazole rings is 1. The third kappa shape index (κ3) is 2.91. The molecule has 2 rings (SSSR count). The molecular formula is C12H17N5OS2. The predicted octanol–water partition coefficient (Wildman–Crippen LogP) is 2.05. The van der Waals surface area contributed by atoms with Crippen molar-refractivity contribution in [3.05, 3.63) is 10.4 Å². The zero-order chi connectivity index (χ0) is 14.9. The molecule has 0 radical (unpaired) electrons. The molecule has 0 fully saturated rings. The standard InChI is InChI=1S/C12H17N5OS2/c1-6(12(18)17(3)4)14-11-9(10(13)16-20-11)8-5-19-7(2)15-8/h5-6,14H,1-4H3,(H2,13,16). The number of hydrogen-bond donors (Lipinski definition) is 2. The van der Waals surface area contributed by atoms with Gasteiger partial charge >= 0.3 is 0 Å². The van der Waals surface area contributed by atoms with Gasteiger partial charge in [-0.1, -0.05) is 0 Å². The first-order chi connectivity index (χ1) is 9.40. The van der Waals surface area contributed by atoms with Crippen molar-refractivity contribution in [2.24, 2.45) is 0 Å². The highest BCUT2D eigenvalue weighted by atomic mass is 32.1. The number of likely N-dealkylation sites (N-methyl/N-ethyl adjacent to an activating group) is 1. The van der Waals surface area contributed by atoms with Crippen molar-refractivity contribution in [1.29, 1.82) is 0 Å². The Labute approximate surface area is 125 Å². The van der Waals surface area contributed by atoms with Gasteiger partial charge in [0, 0.05) is 19.5 Å². The van der Waals surface area contributed by atoms with E-state index in [1.54, 1.807) is 30.3 Å². The molecule has 0 spiro atoms. The Morgan fingerprint density at radius 3 is 2.75 bits per heavy atom. The molecule has 0 saturated carbocycles. The fraction of sp³-hybridized carbons (Fsp3) is 0.417. The maximum absolute atomic E-state index is 11.9. The van der Waals surface area contributed by atoms with Crippen molar-refractivity contribution in [3.63, 3.8) is 0 Å². The molecule has 0 saturated heterocycles. The first kappa shape index (κ1) is 14.7. The van der Waals surface area contributed by atoms with Crippen molar-refractivity contribution < 1.29 is 4.79 Å². The van der Waals surface area contributed by atoms with E-state index in [1.807, 2.05) is 19.2 Å². The molecule has 0 aromatic carbocycles. The second-order valence-corrected chi connectivity index (χ2v) is 6.46. The summed E-state index contributed by atoms with van der Waals surface area (Å²) in [4.78, 5) is 17.9. The number of hydrogen-bond acceptors (Lipinski definition) is 7. The number of carbonyl (C=O) groups is 1. The number of carbonyl (C=O) groups excluding carboxylic acids is 1. The molecule has 3 N–H and O–H groups in total. The van der Waals surface area contributed by atoms with Gasteiger partial charge in [-0.2, -0.15) is 4.37 Å². The van der Waals surface area contributed by atoms with Crippen LogP contribution in [0.25, 0.3) is 11.3 Å². The van der Waals surface area contributed by atoms with E-state index in [2.05, 4.69) is 14.7 Å². The van der Waals surface area contributed by atoms with E-state index in [1.165, 1.54) is 11.5 Å². The summed E-state index contributed by atoms with van der Waals surface area (Å²) < 4.78 is 4.16. The minimum Gasteiger partial charge on any atom is -0.382 e. The van der Waals surface area contributed by atoms with Gasteiger partial charge in [0.15, 0.2) is 0 Å². The van der Waals surface area contributed by atoms with Gasteiger partial charge in [0.2, 0.25) is 5.91 Å². The highest BCUT2D eigenvalue weighted by Crippen LogP contribution is 2.37. The molecule has 108 valence electrons. The van der Waals surface area contributed by atoms with Crippen LogP contribution in [0.2, 0.25) is 0 Å². The summed E-state index contributed by atoms with van der Waals surface area (Å²) in [6.07, 6.45) is 0. The Morgan fingerprint density at radius 2 is 2.20 bits per heavy atom. The fourth-order valence-electron chi connectivity index (χ4n) is 1.77. The second-order valence-electron chi connectivity index (χ2n) is 4.62. The Hall–Kier alpha value is -1.67. The zero-order valence-electron chi connectivity index (χ0n) is 11.8. The molecule has 0 aliphatic carbocycles. The molecule has 2 aromatic rings. The van der Waals surface area contributed by atoms with Crippen molar-refractivity contribution >= 4 is 39.6 Å². The summed E-state index contributed by atoms with van der Waals surface area (Å²) in [5, 5.41) is 6.85. The van der Waals surface area contributed by atoms with Crippen LogP contribution < -0.4 is 11.1 Å². The van der Waals surface area contributed by atoms with Crippen molar-refractivity contribution in [3.8, 4) is 11.3 Å². The number of nitrogens with two attached hydrogens (primary N) is 1. The number of aromatic nitrogens is 2. The van der Waals surface area contributed by atoms with Crippen LogP contribution in [-0.2, 0) is 4.79 Å². The monoisotopic (exact) mass is 311 g/mol. The number of nitrogens with zero attached hydrogens (tertiary/aromatic N) is 3. The third-order valence-electron chi connectivity index (χ3n) is 2.75. The van der Waals surface area contributed by atoms with E-state index in [-0.39, 0.29) is 11.9 Å².